The van der Waals surface area contributed by atoms with Gasteiger partial charge in [-0.05, 0) is 13.8 Å². The van der Waals surface area contributed by atoms with Crippen molar-refractivity contribution in [2.45, 2.75) is 19.9 Å². The molecule has 1 N–H and O–H groups in total. The second-order valence-corrected chi connectivity index (χ2v) is 6.01. The topological polar surface area (TPSA) is 81.6 Å². The van der Waals surface area contributed by atoms with Crippen molar-refractivity contribution in [2.24, 2.45) is 21.0 Å². The monoisotopic (exact) mass is 313 g/mol. The lowest BCUT2D eigenvalue weighted by atomic mass is 10.0. The summed E-state index contributed by atoms with van der Waals surface area (Å²) in [6, 6.07) is 0.284. The van der Waals surface area contributed by atoms with E-state index >= 15 is 0 Å². The van der Waals surface area contributed by atoms with Crippen molar-refractivity contribution in [3.05, 3.63) is 23.9 Å². The summed E-state index contributed by atoms with van der Waals surface area (Å²) in [5, 5.41) is 13.6. The predicted molar refractivity (Wildman–Crippen MR) is 88.7 cm³/mol. The van der Waals surface area contributed by atoms with Gasteiger partial charge >= 0.3 is 0 Å². The molecule has 8 heteroatoms. The number of hydrogen-bond acceptors (Lipinski definition) is 8. The van der Waals surface area contributed by atoms with E-state index in [1.165, 1.54) is 0 Å². The van der Waals surface area contributed by atoms with Crippen LogP contribution in [-0.4, -0.2) is 59.1 Å². The Labute approximate surface area is 134 Å². The number of anilines is 1. The molecule has 0 aliphatic carbocycles. The molecule has 1 aromatic heterocycles. The van der Waals surface area contributed by atoms with Gasteiger partial charge in [0, 0.05) is 38.1 Å². The number of hydrogen-bond donors (Lipinski definition) is 1. The Kier molecular flexibility index (Phi) is 3.17. The van der Waals surface area contributed by atoms with Crippen LogP contribution in [0.4, 0.5) is 5.69 Å². The molecule has 3 aliphatic heterocycles. The summed E-state index contributed by atoms with van der Waals surface area (Å²) < 4.78 is 5.20. The smallest absolute Gasteiger partial charge is 0.173 e. The lowest BCUT2D eigenvalue weighted by Gasteiger charge is -2.29. The molecular weight excluding hydrogens is 294 g/mol. The number of hydrazone groups is 1. The summed E-state index contributed by atoms with van der Waals surface area (Å²) in [6.45, 7) is 5.44. The SMILES string of the molecule is Cc1noc(C)c1NC1=NC=CN2C1=NCC2C1C=NN(C)C1. The first-order valence-electron chi connectivity index (χ1n) is 7.66. The van der Waals surface area contributed by atoms with Gasteiger partial charge in [-0.25, -0.2) is 4.99 Å². The quantitative estimate of drug-likeness (QED) is 0.887. The number of nitrogens with one attached hydrogen (secondary N) is 1. The normalized spacial score (nSPS) is 25.7. The lowest BCUT2D eigenvalue weighted by Crippen LogP contribution is -2.45. The van der Waals surface area contributed by atoms with Crippen LogP contribution in [0.2, 0.25) is 0 Å². The van der Waals surface area contributed by atoms with Crippen LogP contribution in [0.25, 0.3) is 0 Å². The van der Waals surface area contributed by atoms with Gasteiger partial charge in [0.05, 0.1) is 12.6 Å². The van der Waals surface area contributed by atoms with E-state index < -0.39 is 0 Å². The third-order valence-electron chi connectivity index (χ3n) is 4.37. The van der Waals surface area contributed by atoms with E-state index in [9.17, 15) is 0 Å². The third-order valence-corrected chi connectivity index (χ3v) is 4.37. The highest BCUT2D eigenvalue weighted by Crippen LogP contribution is 2.26. The molecule has 23 heavy (non-hydrogen) atoms. The molecule has 0 spiro atoms. The van der Waals surface area contributed by atoms with Crippen molar-refractivity contribution in [1.29, 1.82) is 0 Å². The number of aryl methyl sites for hydroxylation is 2. The summed E-state index contributed by atoms with van der Waals surface area (Å²) >= 11 is 0. The van der Waals surface area contributed by atoms with Gasteiger partial charge < -0.3 is 14.7 Å². The van der Waals surface area contributed by atoms with Gasteiger partial charge in [-0.2, -0.15) is 5.10 Å². The Bertz CT molecular complexity index is 726. The minimum Gasteiger partial charge on any atom is -0.359 e. The summed E-state index contributed by atoms with van der Waals surface area (Å²) in [6.07, 6.45) is 5.80. The molecule has 0 saturated carbocycles. The third kappa shape index (κ3) is 2.30. The summed E-state index contributed by atoms with van der Waals surface area (Å²) in [5.41, 5.74) is 1.67. The Morgan fingerprint density at radius 1 is 1.35 bits per heavy atom. The highest BCUT2D eigenvalue weighted by molar-refractivity contribution is 6.45. The van der Waals surface area contributed by atoms with Gasteiger partial charge in [0.25, 0.3) is 0 Å². The molecule has 0 amide bonds. The molecule has 4 heterocycles. The molecule has 120 valence electrons. The first-order chi connectivity index (χ1) is 11.1. The fourth-order valence-electron chi connectivity index (χ4n) is 3.15. The fraction of sp³-hybridized carbons (Fsp3) is 0.467. The molecule has 0 fully saturated rings. The minimum atomic E-state index is 0.284. The van der Waals surface area contributed by atoms with E-state index in [-0.39, 0.29) is 6.04 Å². The van der Waals surface area contributed by atoms with Crippen molar-refractivity contribution in [3.63, 3.8) is 0 Å². The van der Waals surface area contributed by atoms with Crippen molar-refractivity contribution in [1.82, 2.24) is 15.1 Å². The van der Waals surface area contributed by atoms with E-state index in [1.807, 2.05) is 38.3 Å². The largest absolute Gasteiger partial charge is 0.359 e. The van der Waals surface area contributed by atoms with E-state index in [0.717, 1.165) is 41.9 Å². The Morgan fingerprint density at radius 3 is 2.91 bits per heavy atom. The van der Waals surface area contributed by atoms with Crippen molar-refractivity contribution >= 4 is 23.6 Å². The molecular formula is C15H19N7O. The maximum Gasteiger partial charge on any atom is 0.173 e. The maximum atomic E-state index is 5.20. The number of amidine groups is 2. The predicted octanol–water partition coefficient (Wildman–Crippen LogP) is 1.22. The standard InChI is InChI=1S/C15H19N7O/c1-9-13(10(2)23-20-9)19-14-15-17-7-12(22(15)5-4-16-14)11-6-18-21(3)8-11/h4-6,11-12H,7-8H2,1-3H3,(H,16,19). The van der Waals surface area contributed by atoms with Crippen LogP contribution in [0.3, 0.4) is 0 Å². The van der Waals surface area contributed by atoms with Crippen LogP contribution in [-0.2, 0) is 0 Å². The van der Waals surface area contributed by atoms with Crippen LogP contribution < -0.4 is 5.32 Å². The zero-order valence-corrected chi connectivity index (χ0v) is 13.4. The van der Waals surface area contributed by atoms with Crippen LogP contribution in [0.5, 0.6) is 0 Å². The first kappa shape index (κ1) is 14.0. The average Bonchev–Trinajstić information content (AvgIpc) is 3.22. The fourth-order valence-corrected chi connectivity index (χ4v) is 3.15. The van der Waals surface area contributed by atoms with Crippen LogP contribution >= 0.6 is 0 Å². The van der Waals surface area contributed by atoms with Crippen LogP contribution in [0, 0.1) is 19.8 Å². The van der Waals surface area contributed by atoms with Gasteiger partial charge in [-0.15, -0.1) is 0 Å². The molecule has 2 atom stereocenters. The number of aliphatic imine (C=N–C) groups is 2. The number of aromatic nitrogens is 1. The first-order valence-corrected chi connectivity index (χ1v) is 7.66. The van der Waals surface area contributed by atoms with Crippen molar-refractivity contribution < 1.29 is 4.52 Å². The number of nitrogens with zero attached hydrogens (tertiary/aromatic N) is 6. The number of fused-ring (bicyclic) bond motifs is 1. The Hall–Kier alpha value is -2.64. The maximum absolute atomic E-state index is 5.20. The van der Waals surface area contributed by atoms with E-state index in [2.05, 4.69) is 25.5 Å². The van der Waals surface area contributed by atoms with Crippen LogP contribution in [0.1, 0.15) is 11.5 Å². The van der Waals surface area contributed by atoms with E-state index in [0.29, 0.717) is 5.92 Å². The molecule has 1 aromatic rings. The van der Waals surface area contributed by atoms with Gasteiger partial charge in [-0.1, -0.05) is 5.16 Å². The van der Waals surface area contributed by atoms with Gasteiger partial charge in [0.2, 0.25) is 0 Å². The highest BCUT2D eigenvalue weighted by atomic mass is 16.5. The molecule has 8 nitrogen and oxygen atoms in total. The molecule has 3 aliphatic rings. The zero-order chi connectivity index (χ0) is 16.0. The van der Waals surface area contributed by atoms with Gasteiger partial charge in [0.1, 0.15) is 11.4 Å². The van der Waals surface area contributed by atoms with Crippen molar-refractivity contribution in [3.8, 4) is 0 Å². The molecule has 0 saturated heterocycles. The lowest BCUT2D eigenvalue weighted by molar-refractivity contribution is 0.299. The Morgan fingerprint density at radius 2 is 2.22 bits per heavy atom. The average molecular weight is 313 g/mol. The van der Waals surface area contributed by atoms with E-state index in [4.69, 9.17) is 9.52 Å². The second-order valence-electron chi connectivity index (χ2n) is 6.01. The molecule has 0 bridgehead atoms. The van der Waals surface area contributed by atoms with Crippen molar-refractivity contribution in [2.75, 3.05) is 25.5 Å². The summed E-state index contributed by atoms with van der Waals surface area (Å²) in [4.78, 5) is 11.3. The summed E-state index contributed by atoms with van der Waals surface area (Å²) in [7, 11) is 1.99. The molecule has 2 unspecified atom stereocenters. The summed E-state index contributed by atoms with van der Waals surface area (Å²) in [5.74, 6) is 2.70. The zero-order valence-electron chi connectivity index (χ0n) is 13.4. The molecule has 0 aromatic carbocycles. The van der Waals surface area contributed by atoms with Gasteiger partial charge in [-0.3, -0.25) is 10.0 Å². The number of rotatable bonds is 2. The minimum absolute atomic E-state index is 0.284. The van der Waals surface area contributed by atoms with Gasteiger partial charge in [0.15, 0.2) is 17.4 Å². The molecule has 0 radical (unpaired) electrons. The second kappa shape index (κ2) is 5.22. The van der Waals surface area contributed by atoms with E-state index in [1.54, 1.807) is 6.20 Å². The highest BCUT2D eigenvalue weighted by Gasteiger charge is 2.37. The van der Waals surface area contributed by atoms with Crippen LogP contribution in [0.15, 0.2) is 32.0 Å². The Balaban J connectivity index is 1.55. The molecule has 4 rings (SSSR count).